The van der Waals surface area contributed by atoms with Gasteiger partial charge in [-0.25, -0.2) is 18.7 Å². The molecule has 1 aromatic heterocycles. The quantitative estimate of drug-likeness (QED) is 0.743. The highest BCUT2D eigenvalue weighted by atomic mass is 19.1. The summed E-state index contributed by atoms with van der Waals surface area (Å²) in [5.41, 5.74) is -0.681. The van der Waals surface area contributed by atoms with Crippen LogP contribution in [0.5, 0.6) is 0 Å². The van der Waals surface area contributed by atoms with Crippen molar-refractivity contribution in [1.82, 2.24) is 20.1 Å². The van der Waals surface area contributed by atoms with Crippen LogP contribution in [0, 0.1) is 11.6 Å². The summed E-state index contributed by atoms with van der Waals surface area (Å²) in [6.45, 7) is -0.0612. The Morgan fingerprint density at radius 3 is 2.86 bits per heavy atom. The third-order valence-corrected chi connectivity index (χ3v) is 3.56. The Hall–Kier alpha value is -2.55. The monoisotopic (exact) mass is 310 g/mol. The molecule has 0 spiro atoms. The largest absolute Gasteiger partial charge is 0.391 e. The van der Waals surface area contributed by atoms with Crippen LogP contribution in [0.25, 0.3) is 0 Å². The molecule has 1 fully saturated rings. The van der Waals surface area contributed by atoms with E-state index in [1.165, 1.54) is 0 Å². The Bertz CT molecular complexity index is 773. The first-order chi connectivity index (χ1) is 10.5. The summed E-state index contributed by atoms with van der Waals surface area (Å²) in [4.78, 5) is 26.7. The maximum absolute atomic E-state index is 13.9. The molecule has 2 unspecified atom stereocenters. The molecular weight excluding hydrogens is 298 g/mol. The molecule has 22 heavy (non-hydrogen) atoms. The second-order valence-electron chi connectivity index (χ2n) is 5.06. The van der Waals surface area contributed by atoms with Crippen LogP contribution in [0.15, 0.2) is 23.0 Å². The number of hydrogen-bond donors (Lipinski definition) is 3. The van der Waals surface area contributed by atoms with Crippen LogP contribution in [0.4, 0.5) is 8.78 Å². The molecule has 1 aromatic carbocycles. The van der Waals surface area contributed by atoms with Gasteiger partial charge in [0.15, 0.2) is 0 Å². The van der Waals surface area contributed by atoms with Gasteiger partial charge in [0, 0.05) is 12.1 Å². The van der Waals surface area contributed by atoms with E-state index < -0.39 is 35.4 Å². The number of carbonyl (C=O) groups is 1. The molecule has 7 nitrogen and oxygen atoms in total. The molecule has 2 atom stereocenters. The van der Waals surface area contributed by atoms with E-state index in [-0.39, 0.29) is 24.4 Å². The highest BCUT2D eigenvalue weighted by molar-refractivity contribution is 5.90. The summed E-state index contributed by atoms with van der Waals surface area (Å²) >= 11 is 0. The molecule has 0 saturated carbocycles. The second kappa shape index (κ2) is 5.34. The number of nitrogens with one attached hydrogen (secondary N) is 2. The van der Waals surface area contributed by atoms with Gasteiger partial charge in [-0.2, -0.15) is 0 Å². The molecule has 3 N–H and O–H groups in total. The number of aromatic amines is 2. The van der Waals surface area contributed by atoms with Crippen molar-refractivity contribution in [2.75, 3.05) is 6.54 Å². The van der Waals surface area contributed by atoms with E-state index in [1.54, 1.807) is 0 Å². The number of hydrogen-bond acceptors (Lipinski definition) is 4. The van der Waals surface area contributed by atoms with E-state index in [0.717, 1.165) is 23.1 Å². The zero-order chi connectivity index (χ0) is 15.9. The van der Waals surface area contributed by atoms with Gasteiger partial charge in [0.05, 0.1) is 12.1 Å². The smallest absolute Gasteiger partial charge is 0.341 e. The molecular formula is C13H12F2N4O3. The first-order valence-electron chi connectivity index (χ1n) is 6.54. The van der Waals surface area contributed by atoms with Crippen molar-refractivity contribution in [1.29, 1.82) is 0 Å². The SMILES string of the molecule is O=C(c1n[nH]c(=O)[nH]1)N1CC(O)CC1c1cc(F)ccc1F. The van der Waals surface area contributed by atoms with Gasteiger partial charge in [0.2, 0.25) is 5.82 Å². The third kappa shape index (κ3) is 2.50. The average Bonchev–Trinajstić information content (AvgIpc) is 3.07. The summed E-state index contributed by atoms with van der Waals surface area (Å²) in [6.07, 6.45) is -0.803. The van der Waals surface area contributed by atoms with Crippen LogP contribution in [-0.2, 0) is 0 Å². The third-order valence-electron chi connectivity index (χ3n) is 3.56. The predicted octanol–water partition coefficient (Wildman–Crippen LogP) is 0.324. The lowest BCUT2D eigenvalue weighted by molar-refractivity contribution is 0.0701. The fourth-order valence-electron chi connectivity index (χ4n) is 2.61. The van der Waals surface area contributed by atoms with Gasteiger partial charge in [0.25, 0.3) is 5.91 Å². The zero-order valence-electron chi connectivity index (χ0n) is 11.2. The van der Waals surface area contributed by atoms with Crippen molar-refractivity contribution in [3.8, 4) is 0 Å². The molecule has 2 heterocycles. The van der Waals surface area contributed by atoms with Crippen molar-refractivity contribution < 1.29 is 18.7 Å². The summed E-state index contributed by atoms with van der Waals surface area (Å²) < 4.78 is 27.3. The molecule has 1 aliphatic heterocycles. The van der Waals surface area contributed by atoms with Gasteiger partial charge >= 0.3 is 5.69 Å². The van der Waals surface area contributed by atoms with Gasteiger partial charge in [-0.1, -0.05) is 0 Å². The number of benzene rings is 1. The molecule has 0 radical (unpaired) electrons. The van der Waals surface area contributed by atoms with E-state index in [9.17, 15) is 23.5 Å². The molecule has 3 rings (SSSR count). The number of aliphatic hydroxyl groups excluding tert-OH is 1. The Balaban J connectivity index is 1.97. The lowest BCUT2D eigenvalue weighted by Gasteiger charge is -2.24. The van der Waals surface area contributed by atoms with Crippen molar-refractivity contribution >= 4 is 5.91 Å². The minimum atomic E-state index is -0.873. The number of amides is 1. The van der Waals surface area contributed by atoms with Crippen molar-refractivity contribution in [2.45, 2.75) is 18.6 Å². The fraction of sp³-hybridized carbons (Fsp3) is 0.308. The number of aliphatic hydroxyl groups is 1. The first kappa shape index (κ1) is 14.4. The van der Waals surface area contributed by atoms with Gasteiger partial charge in [-0.3, -0.25) is 9.78 Å². The number of carbonyl (C=O) groups excluding carboxylic acids is 1. The minimum absolute atomic E-state index is 0.0252. The fourth-order valence-corrected chi connectivity index (χ4v) is 2.61. The number of rotatable bonds is 2. The summed E-state index contributed by atoms with van der Waals surface area (Å²) in [5.74, 6) is -2.24. The van der Waals surface area contributed by atoms with Crippen LogP contribution < -0.4 is 5.69 Å². The molecule has 116 valence electrons. The Morgan fingerprint density at radius 2 is 2.18 bits per heavy atom. The van der Waals surface area contributed by atoms with E-state index in [1.807, 2.05) is 0 Å². The number of β-amino-alcohol motifs (C(OH)–C–C–N with tert-alkyl or cyclic N) is 1. The van der Waals surface area contributed by atoms with Crippen LogP contribution >= 0.6 is 0 Å². The number of aromatic nitrogens is 3. The number of nitrogens with zero attached hydrogens (tertiary/aromatic N) is 2. The van der Waals surface area contributed by atoms with Gasteiger partial charge < -0.3 is 10.0 Å². The molecule has 9 heteroatoms. The van der Waals surface area contributed by atoms with E-state index in [2.05, 4.69) is 15.2 Å². The second-order valence-corrected chi connectivity index (χ2v) is 5.06. The highest BCUT2D eigenvalue weighted by Crippen LogP contribution is 2.34. The number of halogens is 2. The van der Waals surface area contributed by atoms with Crippen LogP contribution in [0.1, 0.15) is 28.6 Å². The maximum atomic E-state index is 13.9. The van der Waals surface area contributed by atoms with E-state index >= 15 is 0 Å². The van der Waals surface area contributed by atoms with Gasteiger partial charge in [-0.05, 0) is 24.6 Å². The predicted molar refractivity (Wildman–Crippen MR) is 70.0 cm³/mol. The summed E-state index contributed by atoms with van der Waals surface area (Å²) in [6, 6.07) is 2.10. The van der Waals surface area contributed by atoms with Gasteiger partial charge in [-0.15, -0.1) is 5.10 Å². The molecule has 1 amide bonds. The number of likely N-dealkylation sites (tertiary alicyclic amines) is 1. The minimum Gasteiger partial charge on any atom is -0.391 e. The molecule has 0 aliphatic carbocycles. The van der Waals surface area contributed by atoms with Crippen LogP contribution in [0.2, 0.25) is 0 Å². The normalized spacial score (nSPS) is 21.3. The molecule has 1 saturated heterocycles. The van der Waals surface area contributed by atoms with Gasteiger partial charge in [0.1, 0.15) is 11.6 Å². The van der Waals surface area contributed by atoms with E-state index in [0.29, 0.717) is 0 Å². The first-order valence-corrected chi connectivity index (χ1v) is 6.54. The molecule has 0 bridgehead atoms. The average molecular weight is 310 g/mol. The number of H-pyrrole nitrogens is 2. The Morgan fingerprint density at radius 1 is 1.41 bits per heavy atom. The van der Waals surface area contributed by atoms with Crippen LogP contribution in [0.3, 0.4) is 0 Å². The summed E-state index contributed by atoms with van der Waals surface area (Å²) in [5, 5.41) is 15.4. The standard InChI is InChI=1S/C13H12F2N4O3/c14-6-1-2-9(15)8(3-6)10-4-7(20)5-19(10)12(21)11-16-13(22)18-17-11/h1-3,7,10,20H,4-5H2,(H2,16,17,18,22). The molecule has 1 aliphatic rings. The zero-order valence-corrected chi connectivity index (χ0v) is 11.2. The Labute approximate surface area is 122 Å². The topological polar surface area (TPSA) is 102 Å². The van der Waals surface area contributed by atoms with Crippen LogP contribution in [-0.4, -0.2) is 43.7 Å². The van der Waals surface area contributed by atoms with Crippen molar-refractivity contribution in [3.05, 3.63) is 51.7 Å². The van der Waals surface area contributed by atoms with Crippen molar-refractivity contribution in [3.63, 3.8) is 0 Å². The maximum Gasteiger partial charge on any atom is 0.341 e. The van der Waals surface area contributed by atoms with Crippen molar-refractivity contribution in [2.24, 2.45) is 0 Å². The lowest BCUT2D eigenvalue weighted by atomic mass is 10.0. The molecule has 2 aromatic rings. The summed E-state index contributed by atoms with van der Waals surface area (Å²) in [7, 11) is 0. The Kier molecular flexibility index (Phi) is 3.49. The highest BCUT2D eigenvalue weighted by Gasteiger charge is 2.38. The lowest BCUT2D eigenvalue weighted by Crippen LogP contribution is -2.33. The van der Waals surface area contributed by atoms with E-state index in [4.69, 9.17) is 0 Å².